The third-order valence-corrected chi connectivity index (χ3v) is 4.51. The normalized spacial score (nSPS) is 24.0. The second-order valence-corrected chi connectivity index (χ2v) is 7.60. The number of hydrogen-bond acceptors (Lipinski definition) is 2. The van der Waals surface area contributed by atoms with Gasteiger partial charge in [-0.2, -0.15) is 0 Å². The zero-order chi connectivity index (χ0) is 14.6. The molecule has 1 aromatic rings. The Morgan fingerprint density at radius 3 is 2.60 bits per heavy atom. The molecular formula is C17H31N3. The van der Waals surface area contributed by atoms with Crippen molar-refractivity contribution in [1.29, 1.82) is 0 Å². The van der Waals surface area contributed by atoms with Crippen LogP contribution < -0.4 is 5.32 Å². The summed E-state index contributed by atoms with van der Waals surface area (Å²) in [5.74, 6) is 1.88. The molecule has 1 heterocycles. The highest BCUT2D eigenvalue weighted by Crippen LogP contribution is 2.30. The Labute approximate surface area is 124 Å². The molecule has 0 aromatic carbocycles. The van der Waals surface area contributed by atoms with Crippen LogP contribution in [-0.2, 0) is 13.1 Å². The Bertz CT molecular complexity index is 395. The van der Waals surface area contributed by atoms with Crippen molar-refractivity contribution in [2.75, 3.05) is 0 Å². The molecule has 2 rings (SSSR count). The predicted molar refractivity (Wildman–Crippen MR) is 84.6 cm³/mol. The van der Waals surface area contributed by atoms with E-state index in [1.54, 1.807) is 0 Å². The largest absolute Gasteiger partial charge is 0.333 e. The van der Waals surface area contributed by atoms with Gasteiger partial charge in [0.15, 0.2) is 0 Å². The highest BCUT2D eigenvalue weighted by Gasteiger charge is 2.18. The van der Waals surface area contributed by atoms with Gasteiger partial charge in [-0.3, -0.25) is 0 Å². The minimum absolute atomic E-state index is 0.161. The average molecular weight is 277 g/mol. The molecule has 3 nitrogen and oxygen atoms in total. The van der Waals surface area contributed by atoms with Crippen molar-refractivity contribution in [1.82, 2.24) is 14.9 Å². The smallest absolute Gasteiger partial charge is 0.0948 e. The maximum atomic E-state index is 4.32. The van der Waals surface area contributed by atoms with Gasteiger partial charge in [0.25, 0.3) is 0 Å². The Hall–Kier alpha value is -0.830. The number of aromatic nitrogens is 2. The van der Waals surface area contributed by atoms with E-state index in [4.69, 9.17) is 0 Å². The van der Waals surface area contributed by atoms with E-state index in [9.17, 15) is 0 Å². The minimum Gasteiger partial charge on any atom is -0.333 e. The van der Waals surface area contributed by atoms with Gasteiger partial charge in [0.2, 0.25) is 0 Å². The summed E-state index contributed by atoms with van der Waals surface area (Å²) in [6, 6.07) is 0. The van der Waals surface area contributed by atoms with Gasteiger partial charge in [-0.15, -0.1) is 0 Å². The van der Waals surface area contributed by atoms with Gasteiger partial charge in [0.1, 0.15) is 0 Å². The fraction of sp³-hybridized carbons (Fsp3) is 0.824. The molecule has 3 heteroatoms. The van der Waals surface area contributed by atoms with Crippen LogP contribution in [0.1, 0.15) is 65.5 Å². The van der Waals surface area contributed by atoms with Crippen LogP contribution in [0.25, 0.3) is 0 Å². The van der Waals surface area contributed by atoms with Crippen LogP contribution in [0.4, 0.5) is 0 Å². The maximum Gasteiger partial charge on any atom is 0.0948 e. The first kappa shape index (κ1) is 15.6. The van der Waals surface area contributed by atoms with E-state index in [1.807, 2.05) is 12.5 Å². The lowest BCUT2D eigenvalue weighted by molar-refractivity contribution is 0.267. The van der Waals surface area contributed by atoms with E-state index in [0.717, 1.165) is 24.9 Å². The van der Waals surface area contributed by atoms with Crippen LogP contribution >= 0.6 is 0 Å². The highest BCUT2D eigenvalue weighted by atomic mass is 15.1. The molecule has 0 saturated heterocycles. The van der Waals surface area contributed by atoms with Crippen LogP contribution in [0.15, 0.2) is 12.5 Å². The molecule has 1 fully saturated rings. The van der Waals surface area contributed by atoms with Gasteiger partial charge >= 0.3 is 0 Å². The zero-order valence-electron chi connectivity index (χ0n) is 13.7. The molecule has 0 spiro atoms. The molecule has 1 aliphatic rings. The Kier molecular flexibility index (Phi) is 5.25. The standard InChI is InChI=1S/C17H31N3/c1-14-5-7-15(8-6-14)9-10-20-13-18-11-16(20)12-19-17(2,3)4/h11,13-15,19H,5-10,12H2,1-4H3. The molecule has 114 valence electrons. The third-order valence-electron chi connectivity index (χ3n) is 4.51. The number of nitrogens with zero attached hydrogens (tertiary/aromatic N) is 2. The van der Waals surface area contributed by atoms with E-state index in [-0.39, 0.29) is 5.54 Å². The van der Waals surface area contributed by atoms with Gasteiger partial charge in [-0.1, -0.05) is 32.6 Å². The number of rotatable bonds is 5. The van der Waals surface area contributed by atoms with E-state index in [0.29, 0.717) is 0 Å². The fourth-order valence-electron chi connectivity index (χ4n) is 2.99. The van der Waals surface area contributed by atoms with Crippen molar-refractivity contribution in [3.05, 3.63) is 18.2 Å². The van der Waals surface area contributed by atoms with Crippen LogP contribution in [0.5, 0.6) is 0 Å². The summed E-state index contributed by atoms with van der Waals surface area (Å²) in [6.45, 7) is 11.0. The molecule has 0 amide bonds. The number of imidazole rings is 1. The lowest BCUT2D eigenvalue weighted by Crippen LogP contribution is -2.35. The Morgan fingerprint density at radius 1 is 1.25 bits per heavy atom. The van der Waals surface area contributed by atoms with Crippen LogP contribution in [0.3, 0.4) is 0 Å². The fourth-order valence-corrected chi connectivity index (χ4v) is 2.99. The summed E-state index contributed by atoms with van der Waals surface area (Å²) in [5, 5.41) is 3.55. The summed E-state index contributed by atoms with van der Waals surface area (Å²) in [5.41, 5.74) is 1.47. The predicted octanol–water partition coefficient (Wildman–Crippen LogP) is 3.99. The van der Waals surface area contributed by atoms with Crippen LogP contribution in [0, 0.1) is 11.8 Å². The first-order valence-corrected chi connectivity index (χ1v) is 8.18. The maximum absolute atomic E-state index is 4.32. The molecular weight excluding hydrogens is 246 g/mol. The lowest BCUT2D eigenvalue weighted by Gasteiger charge is -2.26. The van der Waals surface area contributed by atoms with E-state index < -0.39 is 0 Å². The molecule has 0 aliphatic heterocycles. The summed E-state index contributed by atoms with van der Waals surface area (Å²) in [7, 11) is 0. The average Bonchev–Trinajstić information content (AvgIpc) is 2.82. The second-order valence-electron chi connectivity index (χ2n) is 7.60. The van der Waals surface area contributed by atoms with Crippen LogP contribution in [0.2, 0.25) is 0 Å². The first-order valence-electron chi connectivity index (χ1n) is 8.18. The van der Waals surface area contributed by atoms with E-state index in [1.165, 1.54) is 37.8 Å². The van der Waals surface area contributed by atoms with Crippen molar-refractivity contribution in [2.45, 2.75) is 78.4 Å². The summed E-state index contributed by atoms with van der Waals surface area (Å²) in [4.78, 5) is 4.32. The quantitative estimate of drug-likeness (QED) is 0.882. The molecule has 0 unspecified atom stereocenters. The number of hydrogen-bond donors (Lipinski definition) is 1. The molecule has 0 radical (unpaired) electrons. The highest BCUT2D eigenvalue weighted by molar-refractivity contribution is 4.99. The van der Waals surface area contributed by atoms with Gasteiger partial charge in [0.05, 0.1) is 12.0 Å². The van der Waals surface area contributed by atoms with Gasteiger partial charge in [0, 0.05) is 24.8 Å². The Balaban J connectivity index is 1.80. The van der Waals surface area contributed by atoms with E-state index >= 15 is 0 Å². The molecule has 1 N–H and O–H groups in total. The van der Waals surface area contributed by atoms with Gasteiger partial charge < -0.3 is 9.88 Å². The lowest BCUT2D eigenvalue weighted by atomic mass is 9.81. The molecule has 1 aromatic heterocycles. The first-order chi connectivity index (χ1) is 9.44. The second kappa shape index (κ2) is 6.75. The monoisotopic (exact) mass is 277 g/mol. The number of nitrogens with one attached hydrogen (secondary N) is 1. The SMILES string of the molecule is CC1CCC(CCn2cncc2CNC(C)(C)C)CC1. The van der Waals surface area contributed by atoms with E-state index in [2.05, 4.69) is 42.6 Å². The topological polar surface area (TPSA) is 29.9 Å². The molecule has 1 saturated carbocycles. The summed E-state index contributed by atoms with van der Waals surface area (Å²) < 4.78 is 2.33. The van der Waals surface area contributed by atoms with Crippen LogP contribution in [-0.4, -0.2) is 15.1 Å². The van der Waals surface area contributed by atoms with Crippen molar-refractivity contribution in [3.8, 4) is 0 Å². The Morgan fingerprint density at radius 2 is 1.95 bits per heavy atom. The minimum atomic E-state index is 0.161. The zero-order valence-corrected chi connectivity index (χ0v) is 13.7. The molecule has 1 aliphatic carbocycles. The molecule has 0 bridgehead atoms. The number of aryl methyl sites for hydroxylation is 1. The van der Waals surface area contributed by atoms with Crippen molar-refractivity contribution >= 4 is 0 Å². The van der Waals surface area contributed by atoms with Crippen molar-refractivity contribution in [2.24, 2.45) is 11.8 Å². The van der Waals surface area contributed by atoms with Gasteiger partial charge in [-0.25, -0.2) is 4.98 Å². The third kappa shape index (κ3) is 4.93. The molecule has 20 heavy (non-hydrogen) atoms. The van der Waals surface area contributed by atoms with Crippen molar-refractivity contribution < 1.29 is 0 Å². The summed E-state index contributed by atoms with van der Waals surface area (Å²) >= 11 is 0. The summed E-state index contributed by atoms with van der Waals surface area (Å²) in [6.07, 6.45) is 11.0. The van der Waals surface area contributed by atoms with Crippen molar-refractivity contribution in [3.63, 3.8) is 0 Å². The molecule has 0 atom stereocenters. The van der Waals surface area contributed by atoms with Gasteiger partial charge in [-0.05, 0) is 39.0 Å².